The zero-order valence-corrected chi connectivity index (χ0v) is 29.2. The highest BCUT2D eigenvalue weighted by molar-refractivity contribution is 9.10. The van der Waals surface area contributed by atoms with Crippen molar-refractivity contribution in [2.24, 2.45) is 0 Å². The minimum Gasteiger partial charge on any atom is -0.443 e. The Morgan fingerprint density at radius 2 is 1.34 bits per heavy atom. The molecule has 2 atom stereocenters. The van der Waals surface area contributed by atoms with Crippen LogP contribution in [0.2, 0.25) is 0 Å². The smallest absolute Gasteiger partial charge is 0.420 e. The lowest BCUT2D eigenvalue weighted by molar-refractivity contribution is -0.108. The largest absolute Gasteiger partial charge is 0.443 e. The zero-order chi connectivity index (χ0) is 32.4. The predicted molar refractivity (Wildman–Crippen MR) is 178 cm³/mol. The van der Waals surface area contributed by atoms with E-state index >= 15 is 0 Å². The molecule has 2 aliphatic rings. The number of halogens is 1. The number of likely N-dealkylation sites (tertiary alicyclic amines) is 1. The number of hydrogen-bond acceptors (Lipinski definition) is 7. The van der Waals surface area contributed by atoms with E-state index in [1.165, 1.54) is 16.8 Å². The molecule has 0 aromatic heterocycles. The lowest BCUT2D eigenvalue weighted by Gasteiger charge is -2.46. The summed E-state index contributed by atoms with van der Waals surface area (Å²) in [7, 11) is 0. The van der Waals surface area contributed by atoms with Crippen LogP contribution >= 0.6 is 15.9 Å². The van der Waals surface area contributed by atoms with Crippen LogP contribution in [0.1, 0.15) is 104 Å². The Balaban J connectivity index is 1.50. The van der Waals surface area contributed by atoms with Crippen molar-refractivity contribution in [3.8, 4) is 0 Å². The van der Waals surface area contributed by atoms with E-state index in [0.717, 1.165) is 41.6 Å². The fourth-order valence-electron chi connectivity index (χ4n) is 6.40. The number of aliphatic hydroxyl groups is 1. The molecule has 2 fully saturated rings. The molecule has 4 rings (SSSR count). The number of benzene rings is 2. The van der Waals surface area contributed by atoms with E-state index in [1.807, 2.05) is 4.90 Å². The van der Waals surface area contributed by atoms with Crippen molar-refractivity contribution in [1.29, 1.82) is 0 Å². The number of carbonyl (C=O) groups excluding carboxylic acids is 2. The first kappa shape index (κ1) is 34.3. The molecule has 0 saturated carbocycles. The van der Waals surface area contributed by atoms with Crippen molar-refractivity contribution < 1.29 is 24.2 Å². The second-order valence-corrected chi connectivity index (χ2v) is 15.5. The average Bonchev–Trinajstić information content (AvgIpc) is 3.41. The molecule has 1 N–H and O–H groups in total. The molecular formula is C35H50BrN3O5. The summed E-state index contributed by atoms with van der Waals surface area (Å²) >= 11 is 3.56. The van der Waals surface area contributed by atoms with E-state index in [1.54, 1.807) is 55.4 Å². The molecular weight excluding hydrogens is 622 g/mol. The number of aliphatic hydroxyl groups excluding tert-OH is 1. The Hall–Kier alpha value is -2.62. The molecule has 0 spiro atoms. The highest BCUT2D eigenvalue weighted by Gasteiger charge is 2.48. The summed E-state index contributed by atoms with van der Waals surface area (Å²) in [5.74, 6) is 0.345. The van der Waals surface area contributed by atoms with Gasteiger partial charge in [-0.25, -0.2) is 14.5 Å². The number of imide groups is 1. The van der Waals surface area contributed by atoms with Gasteiger partial charge in [-0.2, -0.15) is 0 Å². The Bertz CT molecular complexity index is 1260. The van der Waals surface area contributed by atoms with Crippen LogP contribution in [0.25, 0.3) is 0 Å². The number of piperidine rings is 1. The molecule has 0 bridgehead atoms. The molecule has 0 aliphatic carbocycles. The average molecular weight is 673 g/mol. The van der Waals surface area contributed by atoms with Crippen molar-refractivity contribution in [1.82, 2.24) is 9.80 Å². The van der Waals surface area contributed by atoms with E-state index in [0.29, 0.717) is 25.0 Å². The molecule has 9 heteroatoms. The summed E-state index contributed by atoms with van der Waals surface area (Å²) in [5.41, 5.74) is 1.04. The fourth-order valence-corrected chi connectivity index (χ4v) is 6.66. The second kappa shape index (κ2) is 13.4. The maximum absolute atomic E-state index is 13.3. The van der Waals surface area contributed by atoms with Crippen LogP contribution in [-0.2, 0) is 9.47 Å². The van der Waals surface area contributed by atoms with Crippen molar-refractivity contribution in [2.45, 2.75) is 116 Å². The fraction of sp³-hybridized carbons (Fsp3) is 0.600. The van der Waals surface area contributed by atoms with Crippen LogP contribution in [0.15, 0.2) is 53.0 Å². The molecule has 8 nitrogen and oxygen atoms in total. The van der Waals surface area contributed by atoms with Gasteiger partial charge in [0.05, 0.1) is 11.6 Å². The third-order valence-electron chi connectivity index (χ3n) is 8.44. The third-order valence-corrected chi connectivity index (χ3v) is 8.97. The number of rotatable bonds is 6. The summed E-state index contributed by atoms with van der Waals surface area (Å²) in [4.78, 5) is 32.1. The minimum atomic E-state index is -1.32. The second-order valence-electron chi connectivity index (χ2n) is 14.6. The lowest BCUT2D eigenvalue weighted by Crippen LogP contribution is -2.64. The Morgan fingerprint density at radius 1 is 0.818 bits per heavy atom. The number of anilines is 1. The predicted octanol–water partition coefficient (Wildman–Crippen LogP) is 8.24. The first-order valence-corrected chi connectivity index (χ1v) is 16.6. The molecule has 0 unspecified atom stereocenters. The number of hydrogen-bond donors (Lipinski definition) is 1. The van der Waals surface area contributed by atoms with Gasteiger partial charge in [-0.05, 0) is 122 Å². The molecule has 2 aromatic rings. The van der Waals surface area contributed by atoms with Crippen molar-refractivity contribution in [2.75, 3.05) is 24.5 Å². The van der Waals surface area contributed by atoms with Gasteiger partial charge in [-0.1, -0.05) is 40.2 Å². The summed E-state index contributed by atoms with van der Waals surface area (Å²) in [6, 6.07) is 17.7. The van der Waals surface area contributed by atoms with Gasteiger partial charge in [0, 0.05) is 29.8 Å². The van der Waals surface area contributed by atoms with Crippen molar-refractivity contribution in [3.63, 3.8) is 0 Å². The van der Waals surface area contributed by atoms with Gasteiger partial charge in [-0.15, -0.1) is 0 Å². The van der Waals surface area contributed by atoms with Gasteiger partial charge < -0.3 is 19.5 Å². The highest BCUT2D eigenvalue weighted by Crippen LogP contribution is 2.42. The van der Waals surface area contributed by atoms with Crippen molar-refractivity contribution in [3.05, 3.63) is 64.1 Å². The van der Waals surface area contributed by atoms with E-state index in [9.17, 15) is 14.7 Å². The van der Waals surface area contributed by atoms with Gasteiger partial charge in [0.2, 0.25) is 0 Å². The quantitative estimate of drug-likeness (QED) is 0.331. The van der Waals surface area contributed by atoms with E-state index in [-0.39, 0.29) is 0 Å². The first-order valence-electron chi connectivity index (χ1n) is 15.8. The van der Waals surface area contributed by atoms with E-state index in [4.69, 9.17) is 9.47 Å². The SMILES string of the molecule is CC(C)(C)OC(=O)N(C(=O)OC(C)(C)C)C(C)(C)[C@@H](O)N1CCC(c2ccccc2[C@H]2CCCN2c2ccc(Br)cc2)CC1. The molecule has 44 heavy (non-hydrogen) atoms. The maximum Gasteiger partial charge on any atom is 0.420 e. The number of amides is 2. The summed E-state index contributed by atoms with van der Waals surface area (Å²) in [6.07, 6.45) is 1.19. The standard InChI is InChI=1S/C35H50BrN3O5/c1-33(2,3)43-31(41)39(32(42)44-34(4,5)6)35(7,8)30(40)37-22-19-24(20-23-37)27-12-9-10-13-28(27)29-14-11-21-38(29)26-17-15-25(36)16-18-26/h9-10,12-13,15-18,24,29-30,40H,11,14,19-23H2,1-8H3/t29-,30-/m1/s1. The Morgan fingerprint density at radius 3 is 1.86 bits per heavy atom. The summed E-state index contributed by atoms with van der Waals surface area (Å²) in [5, 5.41) is 11.7. The maximum atomic E-state index is 13.3. The van der Waals surface area contributed by atoms with Gasteiger partial charge in [0.25, 0.3) is 0 Å². The van der Waals surface area contributed by atoms with Crippen LogP contribution in [0.3, 0.4) is 0 Å². The van der Waals surface area contributed by atoms with Gasteiger partial charge in [0.1, 0.15) is 17.4 Å². The molecule has 242 valence electrons. The zero-order valence-electron chi connectivity index (χ0n) is 27.6. The molecule has 2 saturated heterocycles. The number of nitrogens with zero attached hydrogens (tertiary/aromatic N) is 3. The minimum absolute atomic E-state index is 0.325. The Kier molecular flexibility index (Phi) is 10.4. The van der Waals surface area contributed by atoms with Crippen LogP contribution in [0.4, 0.5) is 15.3 Å². The van der Waals surface area contributed by atoms with Crippen LogP contribution in [-0.4, -0.2) is 69.7 Å². The topological polar surface area (TPSA) is 82.5 Å². The van der Waals surface area contributed by atoms with Crippen LogP contribution in [0, 0.1) is 0 Å². The third kappa shape index (κ3) is 8.15. The van der Waals surface area contributed by atoms with Gasteiger partial charge in [0.15, 0.2) is 0 Å². The van der Waals surface area contributed by atoms with Crippen molar-refractivity contribution >= 4 is 33.8 Å². The number of carbonyl (C=O) groups is 2. The highest BCUT2D eigenvalue weighted by atomic mass is 79.9. The summed E-state index contributed by atoms with van der Waals surface area (Å²) in [6.45, 7) is 16.1. The van der Waals surface area contributed by atoms with Crippen LogP contribution < -0.4 is 4.90 Å². The normalized spacial score (nSPS) is 19.5. The molecule has 0 radical (unpaired) electrons. The molecule has 2 aromatic carbocycles. The van der Waals surface area contributed by atoms with Gasteiger partial charge >= 0.3 is 12.2 Å². The first-order chi connectivity index (χ1) is 20.5. The molecule has 2 amide bonds. The molecule has 2 aliphatic heterocycles. The van der Waals surface area contributed by atoms with Crippen LogP contribution in [0.5, 0.6) is 0 Å². The number of ether oxygens (including phenoxy) is 2. The Labute approximate surface area is 271 Å². The van der Waals surface area contributed by atoms with Gasteiger partial charge in [-0.3, -0.25) is 4.90 Å². The molecule has 2 heterocycles. The monoisotopic (exact) mass is 671 g/mol. The van der Waals surface area contributed by atoms with E-state index < -0.39 is 35.2 Å². The summed E-state index contributed by atoms with van der Waals surface area (Å²) < 4.78 is 12.3. The van der Waals surface area contributed by atoms with E-state index in [2.05, 4.69) is 69.4 Å². The lowest BCUT2D eigenvalue weighted by atomic mass is 9.83.